The summed E-state index contributed by atoms with van der Waals surface area (Å²) in [5.74, 6) is 0.843. The highest BCUT2D eigenvalue weighted by atomic mass is 15.3. The minimum atomic E-state index is 0.468. The maximum absolute atomic E-state index is 4.40. The highest BCUT2D eigenvalue weighted by molar-refractivity contribution is 5.85. The first-order chi connectivity index (χ1) is 12.2. The molecule has 5 heteroatoms. The summed E-state index contributed by atoms with van der Waals surface area (Å²) in [4.78, 5) is 11.1. The van der Waals surface area contributed by atoms with Crippen molar-refractivity contribution in [3.05, 3.63) is 54.0 Å². The molecule has 3 heterocycles. The van der Waals surface area contributed by atoms with Gasteiger partial charge in [-0.25, -0.2) is 9.97 Å². The van der Waals surface area contributed by atoms with Crippen LogP contribution in [-0.4, -0.2) is 33.7 Å². The van der Waals surface area contributed by atoms with Crippen molar-refractivity contribution in [2.24, 2.45) is 7.05 Å². The summed E-state index contributed by atoms with van der Waals surface area (Å²) < 4.78 is 2.29. The number of rotatable bonds is 4. The third-order valence-corrected chi connectivity index (χ3v) is 5.35. The fourth-order valence-corrected chi connectivity index (χ4v) is 3.85. The Morgan fingerprint density at radius 3 is 2.80 bits per heavy atom. The van der Waals surface area contributed by atoms with Crippen LogP contribution in [0.2, 0.25) is 0 Å². The summed E-state index contributed by atoms with van der Waals surface area (Å²) in [7, 11) is 2.15. The van der Waals surface area contributed by atoms with E-state index in [1.165, 1.54) is 35.0 Å². The third-order valence-electron chi connectivity index (χ3n) is 5.35. The number of benzene rings is 1. The van der Waals surface area contributed by atoms with Crippen molar-refractivity contribution in [1.82, 2.24) is 19.9 Å². The molecule has 5 nitrogen and oxygen atoms in total. The monoisotopic (exact) mass is 335 g/mol. The molecule has 1 N–H and O–H groups in total. The number of nitrogens with zero attached hydrogens (tertiary/aromatic N) is 4. The molecule has 1 aliphatic heterocycles. The smallest absolute Gasteiger partial charge is 0.225 e. The van der Waals surface area contributed by atoms with Crippen LogP contribution in [0.5, 0.6) is 0 Å². The lowest BCUT2D eigenvalue weighted by atomic mass is 10.0. The van der Waals surface area contributed by atoms with Gasteiger partial charge in [0.15, 0.2) is 0 Å². The quantitative estimate of drug-likeness (QED) is 0.796. The predicted molar refractivity (Wildman–Crippen MR) is 102 cm³/mol. The van der Waals surface area contributed by atoms with Crippen molar-refractivity contribution in [3.63, 3.8) is 0 Å². The second-order valence-electron chi connectivity index (χ2n) is 6.85. The molecule has 1 aliphatic rings. The number of para-hydroxylation sites is 1. The van der Waals surface area contributed by atoms with Crippen LogP contribution in [-0.2, 0) is 13.6 Å². The molecular weight excluding hydrogens is 310 g/mol. The lowest BCUT2D eigenvalue weighted by molar-refractivity contribution is 0.418. The normalized spacial score (nSPS) is 18.0. The number of hydrogen-bond acceptors (Lipinski definition) is 4. The number of aromatic nitrogens is 3. The molecule has 0 spiro atoms. The van der Waals surface area contributed by atoms with Crippen LogP contribution in [0.4, 0.5) is 5.95 Å². The summed E-state index contributed by atoms with van der Waals surface area (Å²) in [6.07, 6.45) is 6.01. The molecule has 4 rings (SSSR count). The van der Waals surface area contributed by atoms with Gasteiger partial charge in [0, 0.05) is 61.7 Å². The van der Waals surface area contributed by atoms with E-state index >= 15 is 0 Å². The Labute approximate surface area is 148 Å². The first kappa shape index (κ1) is 16.1. The van der Waals surface area contributed by atoms with Gasteiger partial charge in [-0.3, -0.25) is 0 Å². The van der Waals surface area contributed by atoms with Gasteiger partial charge >= 0.3 is 0 Å². The average molecular weight is 335 g/mol. The lowest BCUT2D eigenvalue weighted by Crippen LogP contribution is -2.46. The SMILES string of the molecule is Cc1c(CN[C@@H]2CCCN(c3ncccn3)C2)c2ccccc2n1C. The minimum Gasteiger partial charge on any atom is -0.348 e. The largest absolute Gasteiger partial charge is 0.348 e. The minimum absolute atomic E-state index is 0.468. The van der Waals surface area contributed by atoms with Gasteiger partial charge < -0.3 is 14.8 Å². The number of fused-ring (bicyclic) bond motifs is 1. The van der Waals surface area contributed by atoms with Gasteiger partial charge in [-0.1, -0.05) is 18.2 Å². The van der Waals surface area contributed by atoms with E-state index in [9.17, 15) is 0 Å². The number of aryl methyl sites for hydroxylation is 1. The molecule has 0 aliphatic carbocycles. The molecular formula is C20H25N5. The first-order valence-corrected chi connectivity index (χ1v) is 9.02. The van der Waals surface area contributed by atoms with Crippen LogP contribution < -0.4 is 10.2 Å². The van der Waals surface area contributed by atoms with Crippen LogP contribution in [0.3, 0.4) is 0 Å². The van der Waals surface area contributed by atoms with Gasteiger partial charge in [-0.05, 0) is 37.5 Å². The van der Waals surface area contributed by atoms with E-state index in [1.807, 2.05) is 18.5 Å². The van der Waals surface area contributed by atoms with Gasteiger partial charge in [0.1, 0.15) is 0 Å². The number of piperidine rings is 1. The number of nitrogens with one attached hydrogen (secondary N) is 1. The van der Waals surface area contributed by atoms with E-state index in [-0.39, 0.29) is 0 Å². The topological polar surface area (TPSA) is 46.0 Å². The van der Waals surface area contributed by atoms with Crippen LogP contribution in [0.15, 0.2) is 42.7 Å². The Hall–Kier alpha value is -2.40. The van der Waals surface area contributed by atoms with Crippen molar-refractivity contribution < 1.29 is 0 Å². The van der Waals surface area contributed by atoms with E-state index < -0.39 is 0 Å². The molecule has 3 aromatic rings. The van der Waals surface area contributed by atoms with Crippen LogP contribution in [0.1, 0.15) is 24.1 Å². The predicted octanol–water partition coefficient (Wildman–Crippen LogP) is 3.04. The van der Waals surface area contributed by atoms with E-state index in [2.05, 4.69) is 63.0 Å². The van der Waals surface area contributed by atoms with Crippen molar-refractivity contribution in [1.29, 1.82) is 0 Å². The van der Waals surface area contributed by atoms with E-state index in [4.69, 9.17) is 0 Å². The second-order valence-corrected chi connectivity index (χ2v) is 6.85. The van der Waals surface area contributed by atoms with Crippen LogP contribution in [0.25, 0.3) is 10.9 Å². The van der Waals surface area contributed by atoms with Gasteiger partial charge in [0.05, 0.1) is 0 Å². The molecule has 0 saturated carbocycles. The molecule has 2 aromatic heterocycles. The molecule has 130 valence electrons. The highest BCUT2D eigenvalue weighted by Gasteiger charge is 2.22. The summed E-state index contributed by atoms with van der Waals surface area (Å²) in [6, 6.07) is 11.0. The fourth-order valence-electron chi connectivity index (χ4n) is 3.85. The highest BCUT2D eigenvalue weighted by Crippen LogP contribution is 2.25. The van der Waals surface area contributed by atoms with Gasteiger partial charge in [-0.2, -0.15) is 0 Å². The van der Waals surface area contributed by atoms with Crippen LogP contribution in [0, 0.1) is 6.92 Å². The van der Waals surface area contributed by atoms with Gasteiger partial charge in [-0.15, -0.1) is 0 Å². The van der Waals surface area contributed by atoms with Crippen molar-refractivity contribution in [2.75, 3.05) is 18.0 Å². The first-order valence-electron chi connectivity index (χ1n) is 9.02. The molecule has 0 bridgehead atoms. The summed E-state index contributed by atoms with van der Waals surface area (Å²) >= 11 is 0. The molecule has 0 radical (unpaired) electrons. The van der Waals surface area contributed by atoms with Gasteiger partial charge in [0.2, 0.25) is 5.95 Å². The number of anilines is 1. The zero-order valence-corrected chi connectivity index (χ0v) is 14.9. The average Bonchev–Trinajstić information content (AvgIpc) is 2.92. The maximum atomic E-state index is 4.40. The van der Waals surface area contributed by atoms with Gasteiger partial charge in [0.25, 0.3) is 0 Å². The fraction of sp³-hybridized carbons (Fsp3) is 0.400. The Bertz CT molecular complexity index is 855. The second kappa shape index (κ2) is 6.84. The molecule has 0 amide bonds. The van der Waals surface area contributed by atoms with Crippen molar-refractivity contribution >= 4 is 16.9 Å². The molecule has 1 fully saturated rings. The third kappa shape index (κ3) is 3.12. The Balaban J connectivity index is 1.48. The lowest BCUT2D eigenvalue weighted by Gasteiger charge is -2.33. The van der Waals surface area contributed by atoms with Crippen LogP contribution >= 0.6 is 0 Å². The Morgan fingerprint density at radius 1 is 1.16 bits per heavy atom. The van der Waals surface area contributed by atoms with E-state index in [0.29, 0.717) is 6.04 Å². The Morgan fingerprint density at radius 2 is 1.96 bits per heavy atom. The summed E-state index contributed by atoms with van der Waals surface area (Å²) in [6.45, 7) is 5.12. The molecule has 1 atom stereocenters. The van der Waals surface area contributed by atoms with E-state index in [0.717, 1.165) is 25.6 Å². The zero-order chi connectivity index (χ0) is 17.2. The van der Waals surface area contributed by atoms with Crippen molar-refractivity contribution in [3.8, 4) is 0 Å². The number of hydrogen-bond donors (Lipinski definition) is 1. The van der Waals surface area contributed by atoms with E-state index in [1.54, 1.807) is 0 Å². The zero-order valence-electron chi connectivity index (χ0n) is 14.9. The summed E-state index contributed by atoms with van der Waals surface area (Å²) in [5, 5.41) is 5.13. The molecule has 1 aromatic carbocycles. The molecule has 25 heavy (non-hydrogen) atoms. The Kier molecular flexibility index (Phi) is 4.40. The summed E-state index contributed by atoms with van der Waals surface area (Å²) in [5.41, 5.74) is 4.05. The molecule has 1 saturated heterocycles. The maximum Gasteiger partial charge on any atom is 0.225 e. The van der Waals surface area contributed by atoms with Crippen molar-refractivity contribution in [2.45, 2.75) is 32.4 Å². The standard InChI is InChI=1S/C20H25N5/c1-15-18(17-8-3-4-9-19(17)24(15)2)13-23-16-7-5-12-25(14-16)20-21-10-6-11-22-20/h3-4,6,8-11,16,23H,5,7,12-14H2,1-2H3/t16-/m1/s1. The molecule has 0 unspecified atom stereocenters.